The molecule has 0 aliphatic carbocycles. The average Bonchev–Trinajstić information content (AvgIpc) is 3.13. The van der Waals surface area contributed by atoms with Gasteiger partial charge in [0.25, 0.3) is 0 Å². The summed E-state index contributed by atoms with van der Waals surface area (Å²) in [6.07, 6.45) is 4.71. The SMILES string of the molecule is O=Cc1ccc(C(c2ccc[nH]2)c2ccc[nH]2)cc1. The number of aromatic amines is 2. The molecule has 0 aliphatic rings. The van der Waals surface area contributed by atoms with Gasteiger partial charge in [-0.3, -0.25) is 4.79 Å². The van der Waals surface area contributed by atoms with E-state index >= 15 is 0 Å². The Balaban J connectivity index is 2.06. The molecule has 0 saturated carbocycles. The Morgan fingerprint density at radius 1 is 0.842 bits per heavy atom. The normalized spacial score (nSPS) is 10.8. The molecule has 2 heterocycles. The van der Waals surface area contributed by atoms with Gasteiger partial charge in [0.1, 0.15) is 6.29 Å². The van der Waals surface area contributed by atoms with Crippen LogP contribution in [0.3, 0.4) is 0 Å². The molecular weight excluding hydrogens is 236 g/mol. The van der Waals surface area contributed by atoms with Gasteiger partial charge in [0.2, 0.25) is 0 Å². The third-order valence-electron chi connectivity index (χ3n) is 3.27. The van der Waals surface area contributed by atoms with Gasteiger partial charge in [0, 0.05) is 29.3 Å². The predicted octanol–water partition coefficient (Wildman–Crippen LogP) is 3.34. The molecule has 0 atom stereocenters. The molecule has 19 heavy (non-hydrogen) atoms. The number of aldehydes is 1. The first-order valence-electron chi connectivity index (χ1n) is 6.20. The van der Waals surface area contributed by atoms with Crippen LogP contribution in [0.1, 0.15) is 33.2 Å². The Hall–Kier alpha value is -2.55. The average molecular weight is 250 g/mol. The van der Waals surface area contributed by atoms with Gasteiger partial charge < -0.3 is 9.97 Å². The minimum Gasteiger partial charge on any atom is -0.364 e. The summed E-state index contributed by atoms with van der Waals surface area (Å²) in [6, 6.07) is 15.8. The standard InChI is InChI=1S/C16H14N2O/c19-11-12-5-7-13(8-6-12)16(14-3-1-9-17-14)15-4-2-10-18-15/h1-11,16-18H. The highest BCUT2D eigenvalue weighted by molar-refractivity contribution is 5.74. The van der Waals surface area contributed by atoms with Crippen LogP contribution in [-0.4, -0.2) is 16.3 Å². The molecule has 3 nitrogen and oxygen atoms in total. The zero-order valence-electron chi connectivity index (χ0n) is 10.3. The van der Waals surface area contributed by atoms with E-state index in [0.29, 0.717) is 5.56 Å². The van der Waals surface area contributed by atoms with Crippen molar-refractivity contribution in [2.24, 2.45) is 0 Å². The summed E-state index contributed by atoms with van der Waals surface area (Å²) in [5.74, 6) is 0.130. The summed E-state index contributed by atoms with van der Waals surface area (Å²) in [7, 11) is 0. The first-order valence-corrected chi connectivity index (χ1v) is 6.20. The number of hydrogen-bond acceptors (Lipinski definition) is 1. The van der Waals surface area contributed by atoms with Crippen molar-refractivity contribution in [3.05, 3.63) is 83.4 Å². The smallest absolute Gasteiger partial charge is 0.150 e. The van der Waals surface area contributed by atoms with Crippen LogP contribution >= 0.6 is 0 Å². The fourth-order valence-corrected chi connectivity index (χ4v) is 2.34. The molecule has 0 bridgehead atoms. The number of H-pyrrole nitrogens is 2. The highest BCUT2D eigenvalue weighted by Gasteiger charge is 2.17. The fraction of sp³-hybridized carbons (Fsp3) is 0.0625. The summed E-state index contributed by atoms with van der Waals surface area (Å²) < 4.78 is 0. The van der Waals surface area contributed by atoms with Crippen molar-refractivity contribution in [2.45, 2.75) is 5.92 Å². The van der Waals surface area contributed by atoms with E-state index in [9.17, 15) is 4.79 Å². The zero-order chi connectivity index (χ0) is 13.1. The maximum atomic E-state index is 10.7. The van der Waals surface area contributed by atoms with Crippen LogP contribution in [0.15, 0.2) is 60.9 Å². The summed E-state index contributed by atoms with van der Waals surface area (Å²) in [5.41, 5.74) is 4.10. The van der Waals surface area contributed by atoms with E-state index in [1.165, 1.54) is 0 Å². The van der Waals surface area contributed by atoms with Crippen molar-refractivity contribution >= 4 is 6.29 Å². The van der Waals surface area contributed by atoms with Crippen molar-refractivity contribution in [3.63, 3.8) is 0 Å². The molecule has 3 heteroatoms. The molecule has 0 amide bonds. The van der Waals surface area contributed by atoms with E-state index in [1.807, 2.05) is 48.8 Å². The second kappa shape index (κ2) is 4.98. The number of carbonyl (C=O) groups excluding carboxylic acids is 1. The van der Waals surface area contributed by atoms with Crippen molar-refractivity contribution in [1.29, 1.82) is 0 Å². The summed E-state index contributed by atoms with van der Waals surface area (Å²) in [6.45, 7) is 0. The van der Waals surface area contributed by atoms with Crippen LogP contribution in [-0.2, 0) is 0 Å². The van der Waals surface area contributed by atoms with Crippen molar-refractivity contribution in [2.75, 3.05) is 0 Å². The van der Waals surface area contributed by atoms with Crippen LogP contribution in [0, 0.1) is 0 Å². The monoisotopic (exact) mass is 250 g/mol. The maximum Gasteiger partial charge on any atom is 0.150 e. The molecule has 2 N–H and O–H groups in total. The van der Waals surface area contributed by atoms with E-state index in [2.05, 4.69) is 22.1 Å². The van der Waals surface area contributed by atoms with E-state index in [1.54, 1.807) is 0 Å². The molecule has 0 fully saturated rings. The highest BCUT2D eigenvalue weighted by atomic mass is 16.1. The van der Waals surface area contributed by atoms with Gasteiger partial charge in [-0.15, -0.1) is 0 Å². The Labute approximate surface area is 111 Å². The molecule has 3 aromatic rings. The number of hydrogen-bond donors (Lipinski definition) is 2. The molecule has 0 radical (unpaired) electrons. The molecule has 0 spiro atoms. The lowest BCUT2D eigenvalue weighted by Gasteiger charge is -2.15. The Morgan fingerprint density at radius 3 is 1.84 bits per heavy atom. The van der Waals surface area contributed by atoms with E-state index in [-0.39, 0.29) is 5.92 Å². The van der Waals surface area contributed by atoms with E-state index < -0.39 is 0 Å². The number of rotatable bonds is 4. The molecular formula is C16H14N2O. The molecule has 0 saturated heterocycles. The molecule has 0 aliphatic heterocycles. The van der Waals surface area contributed by atoms with Crippen LogP contribution < -0.4 is 0 Å². The van der Waals surface area contributed by atoms with E-state index in [0.717, 1.165) is 23.2 Å². The lowest BCUT2D eigenvalue weighted by molar-refractivity contribution is 0.112. The fourth-order valence-electron chi connectivity index (χ4n) is 2.34. The summed E-state index contributed by atoms with van der Waals surface area (Å²) in [4.78, 5) is 17.3. The van der Waals surface area contributed by atoms with Gasteiger partial charge in [-0.05, 0) is 29.8 Å². The summed E-state index contributed by atoms with van der Waals surface area (Å²) in [5, 5.41) is 0. The van der Waals surface area contributed by atoms with E-state index in [4.69, 9.17) is 0 Å². The van der Waals surface area contributed by atoms with Gasteiger partial charge in [0.05, 0.1) is 5.92 Å². The second-order valence-electron chi connectivity index (χ2n) is 4.47. The molecule has 3 rings (SSSR count). The van der Waals surface area contributed by atoms with Gasteiger partial charge in [-0.25, -0.2) is 0 Å². The van der Waals surface area contributed by atoms with Gasteiger partial charge in [-0.2, -0.15) is 0 Å². The quantitative estimate of drug-likeness (QED) is 0.685. The first kappa shape index (κ1) is 11.5. The first-order chi connectivity index (χ1) is 9.38. The molecule has 1 aromatic carbocycles. The van der Waals surface area contributed by atoms with Gasteiger partial charge in [0.15, 0.2) is 0 Å². The third-order valence-corrected chi connectivity index (χ3v) is 3.27. The second-order valence-corrected chi connectivity index (χ2v) is 4.47. The summed E-state index contributed by atoms with van der Waals surface area (Å²) >= 11 is 0. The third kappa shape index (κ3) is 2.22. The minimum atomic E-state index is 0.130. The number of benzene rings is 1. The lowest BCUT2D eigenvalue weighted by atomic mass is 9.92. The molecule has 0 unspecified atom stereocenters. The van der Waals surface area contributed by atoms with Crippen molar-refractivity contribution in [3.8, 4) is 0 Å². The molecule has 2 aromatic heterocycles. The van der Waals surface area contributed by atoms with Crippen LogP contribution in [0.25, 0.3) is 0 Å². The van der Waals surface area contributed by atoms with Crippen molar-refractivity contribution in [1.82, 2.24) is 9.97 Å². The lowest BCUT2D eigenvalue weighted by Crippen LogP contribution is -2.04. The highest BCUT2D eigenvalue weighted by Crippen LogP contribution is 2.29. The minimum absolute atomic E-state index is 0.130. The maximum absolute atomic E-state index is 10.7. The van der Waals surface area contributed by atoms with Gasteiger partial charge >= 0.3 is 0 Å². The largest absolute Gasteiger partial charge is 0.364 e. The predicted molar refractivity (Wildman–Crippen MR) is 74.4 cm³/mol. The number of nitrogens with one attached hydrogen (secondary N) is 2. The molecule has 94 valence electrons. The Bertz CT molecular complexity index is 602. The topological polar surface area (TPSA) is 48.6 Å². The van der Waals surface area contributed by atoms with Crippen LogP contribution in [0.4, 0.5) is 0 Å². The number of aromatic nitrogens is 2. The van der Waals surface area contributed by atoms with Crippen LogP contribution in [0.5, 0.6) is 0 Å². The van der Waals surface area contributed by atoms with Crippen molar-refractivity contribution < 1.29 is 4.79 Å². The number of carbonyl (C=O) groups is 1. The zero-order valence-corrected chi connectivity index (χ0v) is 10.3. The Kier molecular flexibility index (Phi) is 3.02. The van der Waals surface area contributed by atoms with Crippen LogP contribution in [0.2, 0.25) is 0 Å². The van der Waals surface area contributed by atoms with Gasteiger partial charge in [-0.1, -0.05) is 24.3 Å². The Morgan fingerprint density at radius 2 is 1.42 bits per heavy atom.